The van der Waals surface area contributed by atoms with Crippen LogP contribution in [0.1, 0.15) is 31.1 Å². The molecule has 4 nitrogen and oxygen atoms in total. The van der Waals surface area contributed by atoms with Crippen molar-refractivity contribution in [1.82, 2.24) is 9.88 Å². The first-order valence-corrected chi connectivity index (χ1v) is 11.0. The molecule has 1 aromatic heterocycles. The maximum absolute atomic E-state index is 12.2. The van der Waals surface area contributed by atoms with Crippen LogP contribution in [0.3, 0.4) is 0 Å². The largest absolute Gasteiger partial charge is 0.481 e. The van der Waals surface area contributed by atoms with Crippen LogP contribution in [0.5, 0.6) is 0 Å². The third-order valence-electron chi connectivity index (χ3n) is 5.03. The van der Waals surface area contributed by atoms with Crippen LogP contribution in [0.2, 0.25) is 5.02 Å². The minimum absolute atomic E-state index is 0.550. The van der Waals surface area contributed by atoms with Gasteiger partial charge >= 0.3 is 5.97 Å². The molecule has 0 radical (unpaired) electrons. The smallest absolute Gasteiger partial charge is 0.311 e. The highest BCUT2D eigenvalue weighted by Gasteiger charge is 2.28. The van der Waals surface area contributed by atoms with Gasteiger partial charge < -0.3 is 10.0 Å². The van der Waals surface area contributed by atoms with E-state index < -0.39 is 11.9 Å². The Hall–Kier alpha value is -2.21. The first-order chi connectivity index (χ1) is 14.0. The molecule has 0 aliphatic carbocycles. The van der Waals surface area contributed by atoms with Gasteiger partial charge in [-0.3, -0.25) is 4.79 Å². The number of rotatable bonds is 9. The number of benzene rings is 2. The Labute approximate surface area is 180 Å². The Kier molecular flexibility index (Phi) is 7.42. The molecular formula is C23H25ClN2O2S. The molecule has 0 bridgehead atoms. The van der Waals surface area contributed by atoms with Crippen molar-refractivity contribution in [2.45, 2.75) is 26.2 Å². The lowest BCUT2D eigenvalue weighted by molar-refractivity contribution is -0.139. The molecule has 152 valence electrons. The van der Waals surface area contributed by atoms with Crippen LogP contribution < -0.4 is 0 Å². The van der Waals surface area contributed by atoms with Gasteiger partial charge in [-0.05, 0) is 38.2 Å². The Bertz CT molecular complexity index is 937. The fraction of sp³-hybridized carbons (Fsp3) is 0.304. The predicted molar refractivity (Wildman–Crippen MR) is 121 cm³/mol. The highest BCUT2D eigenvalue weighted by Crippen LogP contribution is 2.40. The summed E-state index contributed by atoms with van der Waals surface area (Å²) in [5.74, 6) is -1.41. The number of aromatic nitrogens is 1. The lowest BCUT2D eigenvalue weighted by Gasteiger charge is -2.20. The van der Waals surface area contributed by atoms with E-state index in [4.69, 9.17) is 16.6 Å². The second-order valence-corrected chi connectivity index (χ2v) is 8.28. The van der Waals surface area contributed by atoms with E-state index in [1.165, 1.54) is 11.3 Å². The molecule has 2 aromatic carbocycles. The van der Waals surface area contributed by atoms with Gasteiger partial charge in [0.25, 0.3) is 0 Å². The molecule has 0 saturated heterocycles. The number of nitrogens with zero attached hydrogens (tertiary/aromatic N) is 2. The summed E-state index contributed by atoms with van der Waals surface area (Å²) in [6.45, 7) is 6.75. The molecule has 0 aliphatic rings. The molecule has 6 heteroatoms. The first kappa shape index (κ1) is 21.5. The molecule has 1 N–H and O–H groups in total. The lowest BCUT2D eigenvalue weighted by atomic mass is 9.99. The molecule has 0 spiro atoms. The Morgan fingerprint density at radius 3 is 2.31 bits per heavy atom. The molecule has 0 amide bonds. The topological polar surface area (TPSA) is 53.4 Å². The van der Waals surface area contributed by atoms with E-state index in [-0.39, 0.29) is 0 Å². The van der Waals surface area contributed by atoms with E-state index in [0.29, 0.717) is 11.4 Å². The molecule has 1 heterocycles. The zero-order valence-corrected chi connectivity index (χ0v) is 18.2. The van der Waals surface area contributed by atoms with Crippen LogP contribution in [0.15, 0.2) is 54.6 Å². The normalized spacial score (nSPS) is 12.3. The van der Waals surface area contributed by atoms with Gasteiger partial charge in [-0.1, -0.05) is 67.9 Å². The molecule has 0 saturated carbocycles. The molecule has 3 rings (SSSR count). The zero-order chi connectivity index (χ0) is 20.8. The Morgan fingerprint density at radius 1 is 1.07 bits per heavy atom. The SMILES string of the molecule is CCN(CC)CCC(C(=O)O)c1sc(-c2ccccc2)nc1-c1ccc(Cl)cc1. The molecule has 0 aliphatic heterocycles. The van der Waals surface area contributed by atoms with Crippen molar-refractivity contribution in [1.29, 1.82) is 0 Å². The van der Waals surface area contributed by atoms with Crippen molar-refractivity contribution in [3.05, 3.63) is 64.5 Å². The van der Waals surface area contributed by atoms with Crippen molar-refractivity contribution in [2.75, 3.05) is 19.6 Å². The summed E-state index contributed by atoms with van der Waals surface area (Å²) in [5, 5.41) is 11.5. The summed E-state index contributed by atoms with van der Waals surface area (Å²) in [4.78, 5) is 20.1. The summed E-state index contributed by atoms with van der Waals surface area (Å²) in [6.07, 6.45) is 0.550. The lowest BCUT2D eigenvalue weighted by Crippen LogP contribution is -2.27. The van der Waals surface area contributed by atoms with E-state index in [2.05, 4.69) is 18.7 Å². The number of carboxylic acids is 1. The quantitative estimate of drug-likeness (QED) is 0.452. The first-order valence-electron chi connectivity index (χ1n) is 9.80. The zero-order valence-electron chi connectivity index (χ0n) is 16.6. The maximum atomic E-state index is 12.2. The summed E-state index contributed by atoms with van der Waals surface area (Å²) in [7, 11) is 0. The number of carboxylic acid groups (broad SMARTS) is 1. The second-order valence-electron chi connectivity index (χ2n) is 6.81. The van der Waals surface area contributed by atoms with Gasteiger partial charge in [0.1, 0.15) is 5.01 Å². The minimum Gasteiger partial charge on any atom is -0.481 e. The van der Waals surface area contributed by atoms with Crippen LogP contribution in [0.25, 0.3) is 21.8 Å². The van der Waals surface area contributed by atoms with E-state index in [9.17, 15) is 9.90 Å². The van der Waals surface area contributed by atoms with Crippen LogP contribution in [0.4, 0.5) is 0 Å². The highest BCUT2D eigenvalue weighted by molar-refractivity contribution is 7.15. The van der Waals surface area contributed by atoms with E-state index in [1.807, 2.05) is 54.6 Å². The summed E-state index contributed by atoms with van der Waals surface area (Å²) >= 11 is 7.52. The minimum atomic E-state index is -0.810. The van der Waals surface area contributed by atoms with E-state index in [1.54, 1.807) is 0 Å². The number of hydrogen-bond acceptors (Lipinski definition) is 4. The highest BCUT2D eigenvalue weighted by atomic mass is 35.5. The van der Waals surface area contributed by atoms with Crippen LogP contribution in [0, 0.1) is 0 Å². The molecular weight excluding hydrogens is 404 g/mol. The van der Waals surface area contributed by atoms with Crippen molar-refractivity contribution in [3.8, 4) is 21.8 Å². The van der Waals surface area contributed by atoms with Gasteiger partial charge in [-0.2, -0.15) is 0 Å². The summed E-state index contributed by atoms with van der Waals surface area (Å²) in [6, 6.07) is 17.3. The number of thiazole rings is 1. The van der Waals surface area contributed by atoms with Gasteiger partial charge in [-0.25, -0.2) is 4.98 Å². The van der Waals surface area contributed by atoms with E-state index in [0.717, 1.165) is 46.3 Å². The van der Waals surface area contributed by atoms with Crippen molar-refractivity contribution in [3.63, 3.8) is 0 Å². The fourth-order valence-corrected chi connectivity index (χ4v) is 4.65. The molecule has 0 fully saturated rings. The fourth-order valence-electron chi connectivity index (χ4n) is 3.31. The Morgan fingerprint density at radius 2 is 1.72 bits per heavy atom. The molecule has 1 unspecified atom stereocenters. The van der Waals surface area contributed by atoms with Gasteiger partial charge in [0.15, 0.2) is 0 Å². The Balaban J connectivity index is 2.05. The number of halogens is 1. The average Bonchev–Trinajstić information content (AvgIpc) is 3.17. The summed E-state index contributed by atoms with van der Waals surface area (Å²) in [5.41, 5.74) is 2.61. The number of hydrogen-bond donors (Lipinski definition) is 1. The van der Waals surface area contributed by atoms with Crippen LogP contribution in [-0.4, -0.2) is 40.6 Å². The third-order valence-corrected chi connectivity index (χ3v) is 6.50. The van der Waals surface area contributed by atoms with Gasteiger partial charge in [0.2, 0.25) is 0 Å². The van der Waals surface area contributed by atoms with E-state index >= 15 is 0 Å². The van der Waals surface area contributed by atoms with Crippen molar-refractivity contribution in [2.24, 2.45) is 0 Å². The molecule has 3 aromatic rings. The van der Waals surface area contributed by atoms with Gasteiger partial charge in [-0.15, -0.1) is 11.3 Å². The van der Waals surface area contributed by atoms with Gasteiger partial charge in [0.05, 0.1) is 11.6 Å². The maximum Gasteiger partial charge on any atom is 0.311 e. The molecule has 1 atom stereocenters. The standard InChI is InChI=1S/C23H25ClN2O2S/c1-3-26(4-2)15-14-19(23(27)28)21-20(16-10-12-18(24)13-11-16)25-22(29-21)17-8-6-5-7-9-17/h5-13,19H,3-4,14-15H2,1-2H3,(H,27,28). The van der Waals surface area contributed by atoms with Crippen LogP contribution in [-0.2, 0) is 4.79 Å². The molecule has 29 heavy (non-hydrogen) atoms. The van der Waals surface area contributed by atoms with Crippen molar-refractivity contribution >= 4 is 28.9 Å². The monoisotopic (exact) mass is 428 g/mol. The average molecular weight is 429 g/mol. The van der Waals surface area contributed by atoms with Crippen molar-refractivity contribution < 1.29 is 9.90 Å². The summed E-state index contributed by atoms with van der Waals surface area (Å²) < 4.78 is 0. The third kappa shape index (κ3) is 5.24. The number of carbonyl (C=O) groups is 1. The predicted octanol–water partition coefficient (Wildman–Crippen LogP) is 6.03. The van der Waals surface area contributed by atoms with Crippen LogP contribution >= 0.6 is 22.9 Å². The van der Waals surface area contributed by atoms with Gasteiger partial charge in [0, 0.05) is 21.0 Å². The number of aliphatic carboxylic acids is 1. The second kappa shape index (κ2) is 10.0.